The van der Waals surface area contributed by atoms with Crippen molar-refractivity contribution in [2.24, 2.45) is 5.92 Å². The van der Waals surface area contributed by atoms with Crippen LogP contribution in [0.2, 0.25) is 0 Å². The Balaban J connectivity index is 1.95. The van der Waals surface area contributed by atoms with Crippen LogP contribution in [0.25, 0.3) is 0 Å². The van der Waals surface area contributed by atoms with Crippen molar-refractivity contribution in [3.63, 3.8) is 0 Å². The van der Waals surface area contributed by atoms with Crippen LogP contribution in [-0.4, -0.2) is 31.1 Å². The van der Waals surface area contributed by atoms with Crippen molar-refractivity contribution in [1.82, 2.24) is 4.90 Å². The normalized spacial score (nSPS) is 19.7. The van der Waals surface area contributed by atoms with Crippen molar-refractivity contribution in [3.8, 4) is 6.07 Å². The summed E-state index contributed by atoms with van der Waals surface area (Å²) in [5, 5.41) is 12.6. The highest BCUT2D eigenvalue weighted by atomic mass is 79.9. The molecule has 4 heteroatoms. The summed E-state index contributed by atoms with van der Waals surface area (Å²) in [5.41, 5.74) is 1.63. The van der Waals surface area contributed by atoms with E-state index in [2.05, 4.69) is 39.1 Å². The maximum Gasteiger partial charge on any atom is 0.103 e. The molecule has 0 amide bonds. The van der Waals surface area contributed by atoms with E-state index in [0.29, 0.717) is 11.5 Å². The third-order valence-electron chi connectivity index (χ3n) is 3.52. The molecule has 18 heavy (non-hydrogen) atoms. The predicted octanol–water partition coefficient (Wildman–Crippen LogP) is 3.07. The van der Waals surface area contributed by atoms with Crippen LogP contribution in [0.15, 0.2) is 22.7 Å². The second-order valence-corrected chi connectivity index (χ2v) is 5.56. The highest BCUT2D eigenvalue weighted by molar-refractivity contribution is 9.10. The second kappa shape index (κ2) is 6.21. The van der Waals surface area contributed by atoms with Crippen LogP contribution in [0.3, 0.4) is 0 Å². The molecule has 1 unspecified atom stereocenters. The molecule has 0 aliphatic carbocycles. The van der Waals surface area contributed by atoms with Gasteiger partial charge in [0, 0.05) is 17.6 Å². The lowest BCUT2D eigenvalue weighted by atomic mass is 10.1. The quantitative estimate of drug-likeness (QED) is 0.929. The van der Waals surface area contributed by atoms with Gasteiger partial charge in [0.15, 0.2) is 0 Å². The number of nitrogens with zero attached hydrogens (tertiary/aromatic N) is 2. The predicted molar refractivity (Wildman–Crippen MR) is 77.6 cm³/mol. The van der Waals surface area contributed by atoms with Gasteiger partial charge >= 0.3 is 0 Å². The average molecular weight is 308 g/mol. The molecule has 1 aliphatic heterocycles. The molecule has 3 nitrogen and oxygen atoms in total. The Hall–Kier alpha value is -1.05. The first-order valence-electron chi connectivity index (χ1n) is 6.39. The van der Waals surface area contributed by atoms with Crippen molar-refractivity contribution in [2.75, 3.05) is 31.5 Å². The van der Waals surface area contributed by atoms with Gasteiger partial charge in [0.05, 0.1) is 11.3 Å². The van der Waals surface area contributed by atoms with Crippen molar-refractivity contribution < 1.29 is 0 Å². The minimum Gasteiger partial charge on any atom is -0.384 e. The summed E-state index contributed by atoms with van der Waals surface area (Å²) in [6, 6.07) is 8.07. The Morgan fingerprint density at radius 2 is 2.39 bits per heavy atom. The van der Waals surface area contributed by atoms with E-state index in [9.17, 15) is 0 Å². The fourth-order valence-electron chi connectivity index (χ4n) is 2.41. The summed E-state index contributed by atoms with van der Waals surface area (Å²) in [4.78, 5) is 2.47. The Morgan fingerprint density at radius 1 is 1.56 bits per heavy atom. The fourth-order valence-corrected chi connectivity index (χ4v) is 2.86. The van der Waals surface area contributed by atoms with E-state index >= 15 is 0 Å². The van der Waals surface area contributed by atoms with E-state index < -0.39 is 0 Å². The lowest BCUT2D eigenvalue weighted by Crippen LogP contribution is -2.22. The summed E-state index contributed by atoms with van der Waals surface area (Å²) in [7, 11) is 0. The zero-order valence-corrected chi connectivity index (χ0v) is 12.2. The Labute approximate surface area is 117 Å². The van der Waals surface area contributed by atoms with Crippen molar-refractivity contribution in [3.05, 3.63) is 28.2 Å². The van der Waals surface area contributed by atoms with Crippen LogP contribution in [0.1, 0.15) is 18.9 Å². The lowest BCUT2D eigenvalue weighted by Gasteiger charge is -2.15. The van der Waals surface area contributed by atoms with Gasteiger partial charge in [-0.1, -0.05) is 13.0 Å². The number of halogens is 1. The molecule has 96 valence electrons. The van der Waals surface area contributed by atoms with Gasteiger partial charge in [-0.15, -0.1) is 0 Å². The molecule has 1 aromatic rings. The van der Waals surface area contributed by atoms with E-state index in [1.165, 1.54) is 19.5 Å². The highest BCUT2D eigenvalue weighted by Crippen LogP contribution is 2.25. The first-order chi connectivity index (χ1) is 8.74. The molecule has 1 atom stereocenters. The highest BCUT2D eigenvalue weighted by Gasteiger charge is 2.21. The molecule has 0 saturated carbocycles. The topological polar surface area (TPSA) is 39.1 Å². The zero-order chi connectivity index (χ0) is 13.0. The molecular weight excluding hydrogens is 290 g/mol. The van der Waals surface area contributed by atoms with Gasteiger partial charge in [-0.3, -0.25) is 0 Å². The third kappa shape index (κ3) is 3.04. The van der Waals surface area contributed by atoms with Gasteiger partial charge in [-0.05, 0) is 53.5 Å². The SMILES string of the molecule is CCN1CCC(CNc2cccc(Br)c2C#N)C1. The second-order valence-electron chi connectivity index (χ2n) is 4.70. The van der Waals surface area contributed by atoms with E-state index in [4.69, 9.17) is 5.26 Å². The van der Waals surface area contributed by atoms with Crippen LogP contribution in [-0.2, 0) is 0 Å². The van der Waals surface area contributed by atoms with Gasteiger partial charge < -0.3 is 10.2 Å². The maximum absolute atomic E-state index is 9.14. The van der Waals surface area contributed by atoms with Crippen molar-refractivity contribution in [1.29, 1.82) is 5.26 Å². The first kappa shape index (κ1) is 13.4. The molecule has 0 bridgehead atoms. The molecular formula is C14H18BrN3. The van der Waals surface area contributed by atoms with Crippen LogP contribution < -0.4 is 5.32 Å². The van der Waals surface area contributed by atoms with Crippen LogP contribution >= 0.6 is 15.9 Å². The van der Waals surface area contributed by atoms with E-state index in [0.717, 1.165) is 23.2 Å². The van der Waals surface area contributed by atoms with E-state index in [1.807, 2.05) is 18.2 Å². The van der Waals surface area contributed by atoms with E-state index in [1.54, 1.807) is 0 Å². The van der Waals surface area contributed by atoms with Crippen LogP contribution in [0.4, 0.5) is 5.69 Å². The number of anilines is 1. The molecule has 0 spiro atoms. The molecule has 1 fully saturated rings. The Morgan fingerprint density at radius 3 is 3.06 bits per heavy atom. The van der Waals surface area contributed by atoms with E-state index in [-0.39, 0.29) is 0 Å². The lowest BCUT2D eigenvalue weighted by molar-refractivity contribution is 0.345. The minimum absolute atomic E-state index is 0.690. The number of rotatable bonds is 4. The van der Waals surface area contributed by atoms with Crippen molar-refractivity contribution >= 4 is 21.6 Å². The van der Waals surface area contributed by atoms with Crippen molar-refractivity contribution in [2.45, 2.75) is 13.3 Å². The molecule has 1 N–H and O–H groups in total. The zero-order valence-electron chi connectivity index (χ0n) is 10.6. The smallest absolute Gasteiger partial charge is 0.103 e. The fraction of sp³-hybridized carbons (Fsp3) is 0.500. The standard InChI is InChI=1S/C14H18BrN3/c1-2-18-7-6-11(10-18)9-17-14-5-3-4-13(15)12(14)8-16/h3-5,11,17H,2,6-7,9-10H2,1H3. The van der Waals surface area contributed by atoms with Crippen LogP contribution in [0.5, 0.6) is 0 Å². The Bertz CT molecular complexity index is 453. The summed E-state index contributed by atoms with van der Waals surface area (Å²) in [6.45, 7) is 6.65. The number of nitrogens with one attached hydrogen (secondary N) is 1. The molecule has 1 saturated heterocycles. The van der Waals surface area contributed by atoms with Gasteiger partial charge in [-0.2, -0.15) is 5.26 Å². The maximum atomic E-state index is 9.14. The first-order valence-corrected chi connectivity index (χ1v) is 7.18. The van der Waals surface area contributed by atoms with Gasteiger partial charge in [0.2, 0.25) is 0 Å². The molecule has 1 aromatic carbocycles. The number of hydrogen-bond donors (Lipinski definition) is 1. The summed E-state index contributed by atoms with van der Waals surface area (Å²) in [5.74, 6) is 0.690. The molecule has 1 aliphatic rings. The number of hydrogen-bond acceptors (Lipinski definition) is 3. The molecule has 0 radical (unpaired) electrons. The van der Waals surface area contributed by atoms with Gasteiger partial charge in [0.1, 0.15) is 6.07 Å². The summed E-state index contributed by atoms with van der Waals surface area (Å²) >= 11 is 3.41. The number of nitriles is 1. The minimum atomic E-state index is 0.690. The third-order valence-corrected chi connectivity index (χ3v) is 4.18. The number of likely N-dealkylation sites (tertiary alicyclic amines) is 1. The number of benzene rings is 1. The van der Waals surface area contributed by atoms with Crippen LogP contribution in [0, 0.1) is 17.2 Å². The van der Waals surface area contributed by atoms with Gasteiger partial charge in [0.25, 0.3) is 0 Å². The molecule has 1 heterocycles. The molecule has 2 rings (SSSR count). The largest absolute Gasteiger partial charge is 0.384 e. The summed E-state index contributed by atoms with van der Waals surface area (Å²) < 4.78 is 0.858. The van der Waals surface area contributed by atoms with Gasteiger partial charge in [-0.25, -0.2) is 0 Å². The molecule has 0 aromatic heterocycles. The Kier molecular flexibility index (Phi) is 4.62. The monoisotopic (exact) mass is 307 g/mol. The summed E-state index contributed by atoms with van der Waals surface area (Å²) in [6.07, 6.45) is 1.25. The average Bonchev–Trinajstić information content (AvgIpc) is 2.84.